The number of nitrogens with zero attached hydrogens (tertiary/aromatic N) is 2. The summed E-state index contributed by atoms with van der Waals surface area (Å²) in [5.41, 5.74) is 0.394. The van der Waals surface area contributed by atoms with Crippen LogP contribution in [0.5, 0.6) is 0 Å². The van der Waals surface area contributed by atoms with Crippen LogP contribution in [0.15, 0.2) is 59.1 Å². The highest BCUT2D eigenvalue weighted by Crippen LogP contribution is 2.36. The summed E-state index contributed by atoms with van der Waals surface area (Å²) in [5.74, 6) is -1.67. The second-order valence-electron chi connectivity index (χ2n) is 8.79. The van der Waals surface area contributed by atoms with Gasteiger partial charge in [0.1, 0.15) is 0 Å². The van der Waals surface area contributed by atoms with Crippen LogP contribution >= 0.6 is 24.0 Å². The van der Waals surface area contributed by atoms with Gasteiger partial charge >= 0.3 is 12.4 Å². The highest BCUT2D eigenvalue weighted by Gasteiger charge is 2.42. The number of aromatic nitrogens is 1. The Bertz CT molecular complexity index is 1130. The molecule has 2 atom stereocenters. The molecule has 0 bridgehead atoms. The van der Waals surface area contributed by atoms with Crippen LogP contribution in [0.2, 0.25) is 5.02 Å². The molecule has 1 saturated heterocycles. The predicted octanol–water partition coefficient (Wildman–Crippen LogP) is 8.04. The van der Waals surface area contributed by atoms with Gasteiger partial charge in [0.25, 0.3) is 0 Å². The van der Waals surface area contributed by atoms with Crippen molar-refractivity contribution >= 4 is 24.0 Å². The van der Waals surface area contributed by atoms with Crippen LogP contribution in [0.25, 0.3) is 11.3 Å². The molecule has 3 nitrogen and oxygen atoms in total. The molecule has 0 aliphatic carbocycles. The molecule has 1 aliphatic heterocycles. The molecule has 2 heterocycles. The number of hydrogen-bond acceptors (Lipinski definition) is 3. The summed E-state index contributed by atoms with van der Waals surface area (Å²) in [6, 6.07) is 11.7. The number of piperidine rings is 1. The third kappa shape index (κ3) is 7.17. The Hall–Kier alpha value is -2.23. The van der Waals surface area contributed by atoms with Gasteiger partial charge in [0, 0.05) is 30.1 Å². The highest BCUT2D eigenvalue weighted by molar-refractivity contribution is 6.30. The molecule has 3 aromatic rings. The van der Waals surface area contributed by atoms with E-state index in [2.05, 4.69) is 4.98 Å². The number of halogens is 8. The average molecular weight is 553 g/mol. The first-order valence-electron chi connectivity index (χ1n) is 11.2. The Kier molecular flexibility index (Phi) is 9.01. The predicted molar refractivity (Wildman–Crippen MR) is 127 cm³/mol. The number of likely N-dealkylation sites (tertiary alicyclic amines) is 1. The van der Waals surface area contributed by atoms with E-state index in [1.165, 1.54) is 12.3 Å². The zero-order valence-electron chi connectivity index (χ0n) is 19.0. The van der Waals surface area contributed by atoms with E-state index in [0.29, 0.717) is 41.3 Å². The van der Waals surface area contributed by atoms with Crippen molar-refractivity contribution in [3.63, 3.8) is 0 Å². The maximum Gasteiger partial charge on any atom is 0.416 e. The fraction of sp³-hybridized carbons (Fsp3) is 0.400. The monoisotopic (exact) mass is 552 g/mol. The van der Waals surface area contributed by atoms with Gasteiger partial charge in [-0.25, -0.2) is 4.98 Å². The fourth-order valence-electron chi connectivity index (χ4n) is 4.42. The number of alkyl halides is 6. The Balaban J connectivity index is 0.00000361. The molecule has 0 spiro atoms. The molecule has 2 unspecified atom stereocenters. The van der Waals surface area contributed by atoms with E-state index < -0.39 is 30.3 Å². The van der Waals surface area contributed by atoms with E-state index in [9.17, 15) is 26.3 Å². The summed E-state index contributed by atoms with van der Waals surface area (Å²) in [7, 11) is 0. The maximum atomic E-state index is 13.9. The average Bonchev–Trinajstić information content (AvgIpc) is 3.27. The van der Waals surface area contributed by atoms with Gasteiger partial charge in [-0.3, -0.25) is 0 Å². The minimum atomic E-state index is -4.49. The van der Waals surface area contributed by atoms with Crippen LogP contribution in [0.3, 0.4) is 0 Å². The zero-order valence-corrected chi connectivity index (χ0v) is 20.5. The summed E-state index contributed by atoms with van der Waals surface area (Å²) < 4.78 is 86.6. The quantitative estimate of drug-likeness (QED) is 0.290. The van der Waals surface area contributed by atoms with Gasteiger partial charge in [0.05, 0.1) is 17.7 Å². The van der Waals surface area contributed by atoms with Crippen molar-refractivity contribution in [2.45, 2.75) is 37.5 Å². The Labute approximate surface area is 215 Å². The van der Waals surface area contributed by atoms with E-state index in [1.807, 2.05) is 0 Å². The van der Waals surface area contributed by atoms with Crippen LogP contribution < -0.4 is 0 Å². The van der Waals surface area contributed by atoms with Crippen LogP contribution in [0, 0.1) is 5.92 Å². The molecule has 196 valence electrons. The van der Waals surface area contributed by atoms with Gasteiger partial charge in [0.15, 0.2) is 11.7 Å². The van der Waals surface area contributed by atoms with Crippen LogP contribution in [0.4, 0.5) is 26.3 Å². The van der Waals surface area contributed by atoms with Crippen LogP contribution in [0.1, 0.15) is 35.8 Å². The van der Waals surface area contributed by atoms with Crippen molar-refractivity contribution in [1.29, 1.82) is 0 Å². The van der Waals surface area contributed by atoms with E-state index in [1.54, 1.807) is 35.2 Å². The molecular formula is C25H24Cl2F6N2O. The van der Waals surface area contributed by atoms with Gasteiger partial charge < -0.3 is 9.32 Å². The first-order chi connectivity index (χ1) is 16.5. The van der Waals surface area contributed by atoms with Crippen molar-refractivity contribution in [3.05, 3.63) is 76.8 Å². The lowest BCUT2D eigenvalue weighted by Gasteiger charge is -2.35. The first-order valence-corrected chi connectivity index (χ1v) is 11.5. The lowest BCUT2D eigenvalue weighted by atomic mass is 9.89. The molecule has 2 aromatic carbocycles. The summed E-state index contributed by atoms with van der Waals surface area (Å²) in [5, 5.41) is 0.524. The lowest BCUT2D eigenvalue weighted by molar-refractivity contribution is -0.180. The number of hydrogen-bond donors (Lipinski definition) is 0. The highest BCUT2D eigenvalue weighted by atomic mass is 35.5. The number of oxazole rings is 1. The smallest absolute Gasteiger partial charge is 0.416 e. The normalized spacial score (nSPS) is 18.0. The fourth-order valence-corrected chi connectivity index (χ4v) is 4.55. The first kappa shape index (κ1) is 28.3. The molecule has 0 amide bonds. The van der Waals surface area contributed by atoms with E-state index >= 15 is 0 Å². The Morgan fingerprint density at radius 1 is 1.06 bits per heavy atom. The minimum absolute atomic E-state index is 0. The van der Waals surface area contributed by atoms with Gasteiger partial charge in [-0.15, -0.1) is 12.4 Å². The molecule has 1 fully saturated rings. The molecule has 1 aliphatic rings. The zero-order chi connectivity index (χ0) is 25.2. The van der Waals surface area contributed by atoms with E-state index in [-0.39, 0.29) is 37.3 Å². The van der Waals surface area contributed by atoms with Crippen molar-refractivity contribution < 1.29 is 30.8 Å². The second-order valence-corrected chi connectivity index (χ2v) is 9.23. The van der Waals surface area contributed by atoms with Crippen molar-refractivity contribution in [2.75, 3.05) is 19.6 Å². The summed E-state index contributed by atoms with van der Waals surface area (Å²) in [6.07, 6.45) is -6.77. The van der Waals surface area contributed by atoms with Crippen LogP contribution in [-0.2, 0) is 12.6 Å². The molecule has 0 saturated carbocycles. The summed E-state index contributed by atoms with van der Waals surface area (Å²) in [4.78, 5) is 5.71. The molecule has 0 radical (unpaired) electrons. The summed E-state index contributed by atoms with van der Waals surface area (Å²) in [6.45, 7) is 0.427. The maximum absolute atomic E-state index is 13.9. The number of rotatable bonds is 6. The molecule has 4 rings (SSSR count). The minimum Gasteiger partial charge on any atom is -0.441 e. The molecule has 11 heteroatoms. The Morgan fingerprint density at radius 2 is 1.78 bits per heavy atom. The van der Waals surface area contributed by atoms with Crippen molar-refractivity contribution in [3.8, 4) is 11.3 Å². The third-order valence-corrected chi connectivity index (χ3v) is 6.49. The third-order valence-electron chi connectivity index (χ3n) is 6.24. The largest absolute Gasteiger partial charge is 0.441 e. The SMILES string of the molecule is Cl.FC(F)(F)c1cccc(C2CCCN(CC(Cc3ncc(-c4ccc(Cl)cc4)o3)C(F)(F)F)C2)c1. The lowest BCUT2D eigenvalue weighted by Crippen LogP contribution is -2.42. The topological polar surface area (TPSA) is 29.3 Å². The van der Waals surface area contributed by atoms with Gasteiger partial charge in [-0.1, -0.05) is 29.8 Å². The van der Waals surface area contributed by atoms with E-state index in [4.69, 9.17) is 16.0 Å². The molecular weight excluding hydrogens is 529 g/mol. The summed E-state index contributed by atoms with van der Waals surface area (Å²) >= 11 is 5.87. The molecule has 36 heavy (non-hydrogen) atoms. The van der Waals surface area contributed by atoms with Crippen LogP contribution in [-0.4, -0.2) is 35.7 Å². The van der Waals surface area contributed by atoms with Gasteiger partial charge in [-0.05, 0) is 61.2 Å². The standard InChI is InChI=1S/C25H23ClF6N2O.ClH/c26-21-8-6-16(7-9-21)22-13-33-23(35-22)12-20(25(30,31)32)15-34-10-2-4-18(14-34)17-3-1-5-19(11-17)24(27,28)29;/h1,3,5-9,11,13,18,20H,2,4,10,12,14-15H2;1H. The van der Waals surface area contributed by atoms with Gasteiger partial charge in [-0.2, -0.15) is 26.3 Å². The van der Waals surface area contributed by atoms with Gasteiger partial charge in [0.2, 0.25) is 0 Å². The van der Waals surface area contributed by atoms with Crippen molar-refractivity contribution in [1.82, 2.24) is 9.88 Å². The molecule has 0 N–H and O–H groups in total. The Morgan fingerprint density at radius 3 is 2.44 bits per heavy atom. The van der Waals surface area contributed by atoms with Crippen molar-refractivity contribution in [2.24, 2.45) is 5.92 Å². The molecule has 1 aromatic heterocycles. The second kappa shape index (κ2) is 11.4. The number of benzene rings is 2. The van der Waals surface area contributed by atoms with E-state index in [0.717, 1.165) is 12.1 Å².